The van der Waals surface area contributed by atoms with Crippen molar-refractivity contribution in [2.75, 3.05) is 33.8 Å². The van der Waals surface area contributed by atoms with Crippen molar-refractivity contribution in [1.82, 2.24) is 19.6 Å². The number of methoxy groups -OCH3 is 1. The largest absolute Gasteiger partial charge is 0.496 e. The number of aromatic nitrogens is 2. The topological polar surface area (TPSA) is 50.6 Å². The number of carbonyl (C=O) groups excluding carboxylic acids is 1. The van der Waals surface area contributed by atoms with Gasteiger partial charge in [0.15, 0.2) is 0 Å². The molecule has 2 aromatic rings. The minimum atomic E-state index is 0.158. The first-order valence-electron chi connectivity index (χ1n) is 8.68. The first kappa shape index (κ1) is 17.5. The summed E-state index contributed by atoms with van der Waals surface area (Å²) in [6, 6.07) is 10.2. The zero-order valence-corrected chi connectivity index (χ0v) is 15.2. The summed E-state index contributed by atoms with van der Waals surface area (Å²) in [6.07, 6.45) is 3.01. The number of amides is 1. The lowest BCUT2D eigenvalue weighted by atomic mass is 10.0. The molecular weight excluding hydrogens is 316 g/mol. The first-order chi connectivity index (χ1) is 12.1. The van der Waals surface area contributed by atoms with Gasteiger partial charge in [-0.05, 0) is 25.6 Å². The van der Waals surface area contributed by atoms with Crippen LogP contribution in [-0.4, -0.2) is 59.3 Å². The molecule has 0 radical (unpaired) electrons. The Kier molecular flexibility index (Phi) is 5.38. The molecule has 1 aromatic heterocycles. The molecule has 2 heterocycles. The number of hydrogen-bond acceptors (Lipinski definition) is 4. The summed E-state index contributed by atoms with van der Waals surface area (Å²) in [4.78, 5) is 17.0. The van der Waals surface area contributed by atoms with Crippen LogP contribution in [0.15, 0.2) is 36.5 Å². The van der Waals surface area contributed by atoms with Gasteiger partial charge in [-0.1, -0.05) is 18.2 Å². The molecule has 0 bridgehead atoms. The standard InChI is InChI=1S/C19H26N4O2/c1-21-12-13-23(19(24)9-8-15-10-11-20-22(15)2)14-17(21)16-6-4-5-7-18(16)25-3/h4-7,10-11,17H,8-9,12-14H2,1-3H3. The quantitative estimate of drug-likeness (QED) is 0.832. The molecule has 1 aliphatic heterocycles. The van der Waals surface area contributed by atoms with Crippen LogP contribution >= 0.6 is 0 Å². The monoisotopic (exact) mass is 342 g/mol. The van der Waals surface area contributed by atoms with Gasteiger partial charge in [0.25, 0.3) is 0 Å². The molecule has 1 aromatic carbocycles. The summed E-state index contributed by atoms with van der Waals surface area (Å²) >= 11 is 0. The number of piperazine rings is 1. The second-order valence-electron chi connectivity index (χ2n) is 6.52. The maximum Gasteiger partial charge on any atom is 0.223 e. The van der Waals surface area contributed by atoms with E-state index in [0.717, 1.165) is 36.5 Å². The second-order valence-corrected chi connectivity index (χ2v) is 6.52. The van der Waals surface area contributed by atoms with Crippen molar-refractivity contribution < 1.29 is 9.53 Å². The third-order valence-electron chi connectivity index (χ3n) is 5.02. The van der Waals surface area contributed by atoms with Crippen molar-refractivity contribution in [3.8, 4) is 5.75 Å². The molecule has 134 valence electrons. The van der Waals surface area contributed by atoms with Gasteiger partial charge in [0.2, 0.25) is 5.91 Å². The Balaban J connectivity index is 1.67. The van der Waals surface area contributed by atoms with Crippen molar-refractivity contribution in [2.45, 2.75) is 18.9 Å². The molecule has 0 N–H and O–H groups in total. The second kappa shape index (κ2) is 7.70. The maximum atomic E-state index is 12.7. The van der Waals surface area contributed by atoms with Crippen LogP contribution in [0.25, 0.3) is 0 Å². The minimum Gasteiger partial charge on any atom is -0.496 e. The zero-order valence-electron chi connectivity index (χ0n) is 15.2. The number of benzene rings is 1. The smallest absolute Gasteiger partial charge is 0.223 e. The van der Waals surface area contributed by atoms with Crippen molar-refractivity contribution in [3.05, 3.63) is 47.8 Å². The van der Waals surface area contributed by atoms with Crippen LogP contribution in [0.1, 0.15) is 23.7 Å². The average Bonchev–Trinajstić information content (AvgIpc) is 3.05. The van der Waals surface area contributed by atoms with E-state index in [1.165, 1.54) is 0 Å². The molecule has 3 rings (SSSR count). The van der Waals surface area contributed by atoms with E-state index < -0.39 is 0 Å². The van der Waals surface area contributed by atoms with Crippen molar-refractivity contribution >= 4 is 5.91 Å². The Labute approximate surface area is 149 Å². The average molecular weight is 342 g/mol. The fourth-order valence-electron chi connectivity index (χ4n) is 3.42. The number of aryl methyl sites for hydroxylation is 2. The fraction of sp³-hybridized carbons (Fsp3) is 0.474. The van der Waals surface area contributed by atoms with Crippen LogP contribution < -0.4 is 4.74 Å². The summed E-state index contributed by atoms with van der Waals surface area (Å²) in [5, 5.41) is 4.16. The number of hydrogen-bond donors (Lipinski definition) is 0. The van der Waals surface area contributed by atoms with Gasteiger partial charge in [-0.2, -0.15) is 5.10 Å². The summed E-state index contributed by atoms with van der Waals surface area (Å²) in [6.45, 7) is 2.33. The van der Waals surface area contributed by atoms with E-state index in [-0.39, 0.29) is 11.9 Å². The van der Waals surface area contributed by atoms with Crippen LogP contribution in [-0.2, 0) is 18.3 Å². The number of para-hydroxylation sites is 1. The fourth-order valence-corrected chi connectivity index (χ4v) is 3.42. The third kappa shape index (κ3) is 3.85. The van der Waals surface area contributed by atoms with E-state index >= 15 is 0 Å². The van der Waals surface area contributed by atoms with E-state index in [2.05, 4.69) is 23.1 Å². The SMILES string of the molecule is COc1ccccc1C1CN(C(=O)CCc2ccnn2C)CCN1C. The number of rotatable bonds is 5. The van der Waals surface area contributed by atoms with E-state index in [9.17, 15) is 4.79 Å². The molecule has 1 aliphatic rings. The van der Waals surface area contributed by atoms with Gasteiger partial charge in [0, 0.05) is 50.6 Å². The highest BCUT2D eigenvalue weighted by Gasteiger charge is 2.29. The van der Waals surface area contributed by atoms with Gasteiger partial charge < -0.3 is 9.64 Å². The lowest BCUT2D eigenvalue weighted by Gasteiger charge is -2.40. The van der Waals surface area contributed by atoms with E-state index in [1.54, 1.807) is 13.3 Å². The van der Waals surface area contributed by atoms with Crippen molar-refractivity contribution in [3.63, 3.8) is 0 Å². The molecule has 1 fully saturated rings. The number of ether oxygens (including phenoxy) is 1. The third-order valence-corrected chi connectivity index (χ3v) is 5.02. The lowest BCUT2D eigenvalue weighted by Crippen LogP contribution is -2.49. The molecule has 1 unspecified atom stereocenters. The Morgan fingerprint density at radius 2 is 2.04 bits per heavy atom. The van der Waals surface area contributed by atoms with E-state index in [0.29, 0.717) is 13.0 Å². The van der Waals surface area contributed by atoms with Gasteiger partial charge in [0.1, 0.15) is 5.75 Å². The number of nitrogens with zero attached hydrogens (tertiary/aromatic N) is 4. The highest BCUT2D eigenvalue weighted by Crippen LogP contribution is 2.31. The Bertz CT molecular complexity index is 728. The van der Waals surface area contributed by atoms with Crippen LogP contribution in [0.5, 0.6) is 5.75 Å². The molecule has 1 saturated heterocycles. The maximum absolute atomic E-state index is 12.7. The van der Waals surface area contributed by atoms with Crippen LogP contribution in [0.2, 0.25) is 0 Å². The molecule has 25 heavy (non-hydrogen) atoms. The molecule has 6 nitrogen and oxygen atoms in total. The molecular formula is C19H26N4O2. The highest BCUT2D eigenvalue weighted by molar-refractivity contribution is 5.76. The van der Waals surface area contributed by atoms with Crippen molar-refractivity contribution in [2.24, 2.45) is 7.05 Å². The van der Waals surface area contributed by atoms with Gasteiger partial charge in [0.05, 0.1) is 13.2 Å². The number of carbonyl (C=O) groups is 1. The molecule has 1 atom stereocenters. The van der Waals surface area contributed by atoms with E-state index in [4.69, 9.17) is 4.74 Å². The number of likely N-dealkylation sites (N-methyl/N-ethyl adjacent to an activating group) is 1. The Hall–Kier alpha value is -2.34. The highest BCUT2D eigenvalue weighted by atomic mass is 16.5. The normalized spacial score (nSPS) is 18.4. The Morgan fingerprint density at radius 3 is 2.76 bits per heavy atom. The first-order valence-corrected chi connectivity index (χ1v) is 8.68. The summed E-state index contributed by atoms with van der Waals surface area (Å²) < 4.78 is 7.34. The lowest BCUT2D eigenvalue weighted by molar-refractivity contribution is -0.134. The Morgan fingerprint density at radius 1 is 1.24 bits per heavy atom. The molecule has 6 heteroatoms. The summed E-state index contributed by atoms with van der Waals surface area (Å²) in [5.74, 6) is 1.08. The van der Waals surface area contributed by atoms with Crippen molar-refractivity contribution in [1.29, 1.82) is 0 Å². The summed E-state index contributed by atoms with van der Waals surface area (Å²) in [5.41, 5.74) is 2.22. The van der Waals surface area contributed by atoms with Crippen LogP contribution in [0, 0.1) is 0 Å². The zero-order chi connectivity index (χ0) is 17.8. The minimum absolute atomic E-state index is 0.158. The molecule has 0 aliphatic carbocycles. The molecule has 1 amide bonds. The predicted molar refractivity (Wildman–Crippen MR) is 96.5 cm³/mol. The van der Waals surface area contributed by atoms with Gasteiger partial charge in [-0.15, -0.1) is 0 Å². The van der Waals surface area contributed by atoms with Gasteiger partial charge in [-0.25, -0.2) is 0 Å². The summed E-state index contributed by atoms with van der Waals surface area (Å²) in [7, 11) is 5.71. The van der Waals surface area contributed by atoms with Gasteiger partial charge in [-0.3, -0.25) is 14.4 Å². The molecule has 0 saturated carbocycles. The predicted octanol–water partition coefficient (Wildman–Crippen LogP) is 1.88. The van der Waals surface area contributed by atoms with Crippen LogP contribution in [0.3, 0.4) is 0 Å². The molecule has 0 spiro atoms. The van der Waals surface area contributed by atoms with Gasteiger partial charge >= 0.3 is 0 Å². The van der Waals surface area contributed by atoms with E-state index in [1.807, 2.05) is 40.9 Å². The van der Waals surface area contributed by atoms with Crippen LogP contribution in [0.4, 0.5) is 0 Å².